The van der Waals surface area contributed by atoms with E-state index in [0.717, 1.165) is 24.8 Å². The summed E-state index contributed by atoms with van der Waals surface area (Å²) in [5, 5.41) is 12.4. The van der Waals surface area contributed by atoms with E-state index >= 15 is 0 Å². The lowest BCUT2D eigenvalue weighted by molar-refractivity contribution is -0.143. The molecule has 2 unspecified atom stereocenters. The molecule has 0 heterocycles. The number of carboxylic acid groups (broad SMARTS) is 1. The van der Waals surface area contributed by atoms with Gasteiger partial charge in [-0.25, -0.2) is 4.39 Å². The number of halogens is 1. The predicted octanol–water partition coefficient (Wildman–Crippen LogP) is 2.57. The van der Waals surface area contributed by atoms with E-state index in [-0.39, 0.29) is 17.8 Å². The standard InChI is InChI=1S/C15H20FNO3/c1-20-14-6-5-12(16)7-11(14)9-17-13-4-2-3-10(8-13)15(18)19/h5-7,10,13,17H,2-4,8-9H2,1H3,(H,18,19). The lowest BCUT2D eigenvalue weighted by Crippen LogP contribution is -2.36. The summed E-state index contributed by atoms with van der Waals surface area (Å²) in [7, 11) is 1.55. The smallest absolute Gasteiger partial charge is 0.306 e. The second-order valence-electron chi connectivity index (χ2n) is 5.24. The summed E-state index contributed by atoms with van der Waals surface area (Å²) in [5.41, 5.74) is 0.755. The number of hydrogen-bond donors (Lipinski definition) is 2. The van der Waals surface area contributed by atoms with E-state index in [1.54, 1.807) is 13.2 Å². The minimum absolute atomic E-state index is 0.165. The largest absolute Gasteiger partial charge is 0.496 e. The fourth-order valence-corrected chi connectivity index (χ4v) is 2.74. The third-order valence-electron chi connectivity index (χ3n) is 3.85. The molecule has 110 valence electrons. The highest BCUT2D eigenvalue weighted by atomic mass is 19.1. The minimum atomic E-state index is -0.722. The molecule has 1 saturated carbocycles. The molecule has 1 aromatic carbocycles. The molecule has 1 fully saturated rings. The zero-order valence-corrected chi connectivity index (χ0v) is 11.6. The van der Waals surface area contributed by atoms with Gasteiger partial charge in [0.2, 0.25) is 0 Å². The monoisotopic (exact) mass is 281 g/mol. The number of nitrogens with one attached hydrogen (secondary N) is 1. The Hall–Kier alpha value is -1.62. The van der Waals surface area contributed by atoms with Crippen LogP contribution in [0.5, 0.6) is 5.75 Å². The fraction of sp³-hybridized carbons (Fsp3) is 0.533. The molecule has 1 aliphatic carbocycles. The molecule has 0 saturated heterocycles. The summed E-state index contributed by atoms with van der Waals surface area (Å²) < 4.78 is 18.5. The Bertz CT molecular complexity index is 478. The Morgan fingerprint density at radius 3 is 3.00 bits per heavy atom. The van der Waals surface area contributed by atoms with Gasteiger partial charge in [0.25, 0.3) is 0 Å². The van der Waals surface area contributed by atoms with Gasteiger partial charge in [0.05, 0.1) is 13.0 Å². The van der Waals surface area contributed by atoms with Crippen LogP contribution in [-0.4, -0.2) is 24.2 Å². The SMILES string of the molecule is COc1ccc(F)cc1CNC1CCCC(C(=O)O)C1. The van der Waals surface area contributed by atoms with E-state index in [9.17, 15) is 9.18 Å². The van der Waals surface area contributed by atoms with E-state index in [1.807, 2.05) is 0 Å². The van der Waals surface area contributed by atoms with E-state index in [4.69, 9.17) is 9.84 Å². The zero-order valence-electron chi connectivity index (χ0n) is 11.6. The van der Waals surface area contributed by atoms with Gasteiger partial charge >= 0.3 is 5.97 Å². The first kappa shape index (κ1) is 14.8. The first-order chi connectivity index (χ1) is 9.60. The van der Waals surface area contributed by atoms with Gasteiger partial charge in [-0.15, -0.1) is 0 Å². The number of carboxylic acids is 1. The molecule has 0 aromatic heterocycles. The van der Waals surface area contributed by atoms with Crippen molar-refractivity contribution in [3.8, 4) is 5.75 Å². The molecular weight excluding hydrogens is 261 g/mol. The van der Waals surface area contributed by atoms with Crippen molar-refractivity contribution in [2.24, 2.45) is 5.92 Å². The second kappa shape index (κ2) is 6.70. The van der Waals surface area contributed by atoms with E-state index in [2.05, 4.69) is 5.32 Å². The molecular formula is C15H20FNO3. The van der Waals surface area contributed by atoms with Gasteiger partial charge < -0.3 is 15.2 Å². The van der Waals surface area contributed by atoms with Crippen molar-refractivity contribution in [2.45, 2.75) is 38.3 Å². The quantitative estimate of drug-likeness (QED) is 0.871. The van der Waals surface area contributed by atoms with Crippen LogP contribution >= 0.6 is 0 Å². The number of ether oxygens (including phenoxy) is 1. The number of hydrogen-bond acceptors (Lipinski definition) is 3. The zero-order chi connectivity index (χ0) is 14.5. The van der Waals surface area contributed by atoms with Gasteiger partial charge in [-0.3, -0.25) is 4.79 Å². The molecule has 20 heavy (non-hydrogen) atoms. The summed E-state index contributed by atoms with van der Waals surface area (Å²) in [6, 6.07) is 4.58. The molecule has 0 amide bonds. The van der Waals surface area contributed by atoms with E-state index in [1.165, 1.54) is 12.1 Å². The van der Waals surface area contributed by atoms with Gasteiger partial charge in [-0.05, 0) is 37.5 Å². The number of carbonyl (C=O) groups is 1. The molecule has 0 radical (unpaired) electrons. The Labute approximate surface area is 117 Å². The first-order valence-corrected chi connectivity index (χ1v) is 6.88. The number of aliphatic carboxylic acids is 1. The molecule has 0 aliphatic heterocycles. The van der Waals surface area contributed by atoms with Crippen LogP contribution < -0.4 is 10.1 Å². The molecule has 0 spiro atoms. The van der Waals surface area contributed by atoms with Crippen molar-refractivity contribution in [1.82, 2.24) is 5.32 Å². The fourth-order valence-electron chi connectivity index (χ4n) is 2.74. The lowest BCUT2D eigenvalue weighted by Gasteiger charge is -2.27. The number of methoxy groups -OCH3 is 1. The third kappa shape index (κ3) is 3.70. The lowest BCUT2D eigenvalue weighted by atomic mass is 9.86. The maximum Gasteiger partial charge on any atom is 0.306 e. The third-order valence-corrected chi connectivity index (χ3v) is 3.85. The van der Waals surface area contributed by atoms with Crippen LogP contribution in [0.15, 0.2) is 18.2 Å². The Morgan fingerprint density at radius 1 is 1.50 bits per heavy atom. The minimum Gasteiger partial charge on any atom is -0.496 e. The van der Waals surface area contributed by atoms with Crippen molar-refractivity contribution in [3.05, 3.63) is 29.6 Å². The number of rotatable bonds is 5. The summed E-state index contributed by atoms with van der Waals surface area (Å²) in [4.78, 5) is 11.0. The molecule has 1 aromatic rings. The van der Waals surface area contributed by atoms with Crippen molar-refractivity contribution in [2.75, 3.05) is 7.11 Å². The highest BCUT2D eigenvalue weighted by Gasteiger charge is 2.26. The van der Waals surface area contributed by atoms with Crippen LogP contribution in [0.25, 0.3) is 0 Å². The topological polar surface area (TPSA) is 58.6 Å². The van der Waals surface area contributed by atoms with Crippen LogP contribution in [0, 0.1) is 11.7 Å². The predicted molar refractivity (Wildman–Crippen MR) is 73.2 cm³/mol. The van der Waals surface area contributed by atoms with Gasteiger partial charge in [0, 0.05) is 18.2 Å². The molecule has 2 rings (SSSR count). The molecule has 0 bridgehead atoms. The van der Waals surface area contributed by atoms with Crippen molar-refractivity contribution in [1.29, 1.82) is 0 Å². The second-order valence-corrected chi connectivity index (χ2v) is 5.24. The highest BCUT2D eigenvalue weighted by molar-refractivity contribution is 5.70. The Kier molecular flexibility index (Phi) is 4.95. The van der Waals surface area contributed by atoms with Gasteiger partial charge in [-0.2, -0.15) is 0 Å². The number of benzene rings is 1. The van der Waals surface area contributed by atoms with Crippen LogP contribution in [0.2, 0.25) is 0 Å². The van der Waals surface area contributed by atoms with Crippen molar-refractivity contribution >= 4 is 5.97 Å². The molecule has 2 atom stereocenters. The average molecular weight is 281 g/mol. The van der Waals surface area contributed by atoms with Crippen LogP contribution in [-0.2, 0) is 11.3 Å². The van der Waals surface area contributed by atoms with Crippen molar-refractivity contribution < 1.29 is 19.0 Å². The van der Waals surface area contributed by atoms with Crippen LogP contribution in [0.4, 0.5) is 4.39 Å². The average Bonchev–Trinajstić information content (AvgIpc) is 2.45. The van der Waals surface area contributed by atoms with Gasteiger partial charge in [0.15, 0.2) is 0 Å². The van der Waals surface area contributed by atoms with E-state index < -0.39 is 5.97 Å². The normalized spacial score (nSPS) is 22.5. The van der Waals surface area contributed by atoms with Crippen LogP contribution in [0.1, 0.15) is 31.2 Å². The van der Waals surface area contributed by atoms with E-state index in [0.29, 0.717) is 18.7 Å². The Balaban J connectivity index is 1.95. The summed E-state index contributed by atoms with van der Waals surface area (Å²) in [5.74, 6) is -0.644. The van der Waals surface area contributed by atoms with Crippen molar-refractivity contribution in [3.63, 3.8) is 0 Å². The Morgan fingerprint density at radius 2 is 2.30 bits per heavy atom. The molecule has 5 heteroatoms. The summed E-state index contributed by atoms with van der Waals surface area (Å²) in [6.45, 7) is 0.484. The van der Waals surface area contributed by atoms with Crippen LogP contribution in [0.3, 0.4) is 0 Å². The molecule has 4 nitrogen and oxygen atoms in total. The maximum atomic E-state index is 13.3. The maximum absolute atomic E-state index is 13.3. The molecule has 1 aliphatic rings. The van der Waals surface area contributed by atoms with Gasteiger partial charge in [0.1, 0.15) is 11.6 Å². The summed E-state index contributed by atoms with van der Waals surface area (Å²) in [6.07, 6.45) is 3.25. The first-order valence-electron chi connectivity index (χ1n) is 6.88. The molecule has 2 N–H and O–H groups in total. The summed E-state index contributed by atoms with van der Waals surface area (Å²) >= 11 is 0. The van der Waals surface area contributed by atoms with Gasteiger partial charge in [-0.1, -0.05) is 6.42 Å². The highest BCUT2D eigenvalue weighted by Crippen LogP contribution is 2.25.